The third kappa shape index (κ3) is 6.53. The SMILES string of the molecule is CC(C)(C)OC(=O)N1CCN(C(=O)c2cc(C[N+]3(OC(=O)C(F)(F)F)N=CC(=O)c4ccccc43)ccc2F)CC1. The number of carbonyl (C=O) groups excluding carboxylic acids is 4. The molecule has 1 fully saturated rings. The number of amides is 2. The molecule has 2 aliphatic rings. The van der Waals surface area contributed by atoms with Gasteiger partial charge in [-0.25, -0.2) is 18.8 Å². The molecule has 1 atom stereocenters. The van der Waals surface area contributed by atoms with E-state index in [0.29, 0.717) is 0 Å². The van der Waals surface area contributed by atoms with Gasteiger partial charge >= 0.3 is 18.2 Å². The molecule has 4 rings (SSSR count). The molecule has 2 heterocycles. The Labute approximate surface area is 232 Å². The van der Waals surface area contributed by atoms with Crippen LogP contribution in [0.15, 0.2) is 47.6 Å². The van der Waals surface area contributed by atoms with Gasteiger partial charge in [-0.2, -0.15) is 13.2 Å². The van der Waals surface area contributed by atoms with Crippen LogP contribution in [0.1, 0.15) is 47.1 Å². The second-order valence-electron chi connectivity index (χ2n) is 10.4. The number of carbonyl (C=O) groups is 4. The number of Topliss-reactive ketones (excluding diaryl/α,β-unsaturated/α-hetero) is 1. The van der Waals surface area contributed by atoms with Gasteiger partial charge in [0.25, 0.3) is 5.91 Å². The lowest BCUT2D eigenvalue weighted by atomic mass is 10.0. The van der Waals surface area contributed by atoms with Gasteiger partial charge in [0.05, 0.1) is 11.1 Å². The third-order valence-electron chi connectivity index (χ3n) is 6.25. The molecule has 1 unspecified atom stereocenters. The maximum atomic E-state index is 14.9. The zero-order chi connectivity index (χ0) is 30.2. The summed E-state index contributed by atoms with van der Waals surface area (Å²) in [6.07, 6.45) is -5.17. The fourth-order valence-electron chi connectivity index (χ4n) is 4.36. The van der Waals surface area contributed by atoms with Crippen molar-refractivity contribution in [3.8, 4) is 0 Å². The van der Waals surface area contributed by atoms with Gasteiger partial charge in [0.15, 0.2) is 6.54 Å². The van der Waals surface area contributed by atoms with E-state index < -0.39 is 52.6 Å². The summed E-state index contributed by atoms with van der Waals surface area (Å²) in [5.74, 6) is -4.76. The van der Waals surface area contributed by atoms with Gasteiger partial charge in [-0.05, 0) is 44.1 Å². The third-order valence-corrected chi connectivity index (χ3v) is 6.25. The van der Waals surface area contributed by atoms with Crippen LogP contribution in [-0.4, -0.2) is 77.7 Å². The highest BCUT2D eigenvalue weighted by molar-refractivity contribution is 6.37. The number of nitrogens with zero attached hydrogens (tertiary/aromatic N) is 4. The fourth-order valence-corrected chi connectivity index (χ4v) is 4.36. The molecule has 0 aromatic heterocycles. The molecule has 0 N–H and O–H groups in total. The molecule has 2 aromatic carbocycles. The van der Waals surface area contributed by atoms with E-state index in [2.05, 4.69) is 5.10 Å². The normalized spacial score (nSPS) is 19.0. The molecule has 1 saturated heterocycles. The van der Waals surface area contributed by atoms with Crippen LogP contribution >= 0.6 is 0 Å². The van der Waals surface area contributed by atoms with Crippen molar-refractivity contribution < 1.29 is 46.3 Å². The second-order valence-corrected chi connectivity index (χ2v) is 10.4. The summed E-state index contributed by atoms with van der Waals surface area (Å²) < 4.78 is 58.4. The number of piperazine rings is 1. The number of hydrogen-bond donors (Lipinski definition) is 0. The van der Waals surface area contributed by atoms with Crippen molar-refractivity contribution in [3.63, 3.8) is 0 Å². The van der Waals surface area contributed by atoms with Gasteiger partial charge in [-0.1, -0.05) is 18.2 Å². The summed E-state index contributed by atoms with van der Waals surface area (Å²) >= 11 is 0. The highest BCUT2D eigenvalue weighted by Gasteiger charge is 2.52. The molecule has 0 saturated carbocycles. The lowest BCUT2D eigenvalue weighted by Gasteiger charge is -2.35. The summed E-state index contributed by atoms with van der Waals surface area (Å²) in [6, 6.07) is 8.84. The molecule has 0 spiro atoms. The van der Waals surface area contributed by atoms with Crippen LogP contribution in [0.25, 0.3) is 0 Å². The highest BCUT2D eigenvalue weighted by Crippen LogP contribution is 2.36. The van der Waals surface area contributed by atoms with Crippen LogP contribution in [0.5, 0.6) is 0 Å². The van der Waals surface area contributed by atoms with Gasteiger partial charge in [0.2, 0.25) is 11.5 Å². The zero-order valence-electron chi connectivity index (χ0n) is 22.4. The van der Waals surface area contributed by atoms with Gasteiger partial charge in [0.1, 0.15) is 17.6 Å². The van der Waals surface area contributed by atoms with Crippen molar-refractivity contribution in [1.82, 2.24) is 14.6 Å². The van der Waals surface area contributed by atoms with Gasteiger partial charge in [0, 0.05) is 42.6 Å². The minimum atomic E-state index is -5.37. The first-order valence-electron chi connectivity index (χ1n) is 12.5. The smallest absolute Gasteiger partial charge is 0.444 e. The summed E-state index contributed by atoms with van der Waals surface area (Å²) in [5, 5.41) is 3.85. The molecular weight excluding hydrogens is 552 g/mol. The number of ketones is 1. The molecule has 41 heavy (non-hydrogen) atoms. The molecule has 10 nitrogen and oxygen atoms in total. The number of ether oxygens (including phenoxy) is 1. The second kappa shape index (κ2) is 10.9. The zero-order valence-corrected chi connectivity index (χ0v) is 22.4. The van der Waals surface area contributed by atoms with Crippen LogP contribution in [-0.2, 0) is 20.9 Å². The Morgan fingerprint density at radius 3 is 2.24 bits per heavy atom. The van der Waals surface area contributed by atoms with E-state index >= 15 is 0 Å². The molecule has 2 aromatic rings. The number of benzene rings is 2. The first-order valence-corrected chi connectivity index (χ1v) is 12.5. The molecule has 218 valence electrons. The summed E-state index contributed by atoms with van der Waals surface area (Å²) in [7, 11) is 0. The van der Waals surface area contributed by atoms with Crippen molar-refractivity contribution in [1.29, 1.82) is 0 Å². The predicted octanol–water partition coefficient (Wildman–Crippen LogP) is 4.23. The van der Waals surface area contributed by atoms with E-state index in [1.807, 2.05) is 0 Å². The molecule has 2 aliphatic heterocycles. The fraction of sp³-hybridized carbons (Fsp3) is 0.370. The predicted molar refractivity (Wildman–Crippen MR) is 137 cm³/mol. The number of para-hydroxylation sites is 1. The quantitative estimate of drug-likeness (QED) is 0.397. The van der Waals surface area contributed by atoms with Gasteiger partial charge in [-0.3, -0.25) is 9.59 Å². The van der Waals surface area contributed by atoms with Crippen LogP contribution < -0.4 is 4.76 Å². The van der Waals surface area contributed by atoms with Crippen molar-refractivity contribution in [2.24, 2.45) is 5.10 Å². The number of fused-ring (bicyclic) bond motifs is 1. The van der Waals surface area contributed by atoms with Crippen molar-refractivity contribution in [2.45, 2.75) is 39.1 Å². The Kier molecular flexibility index (Phi) is 7.89. The summed E-state index contributed by atoms with van der Waals surface area (Å²) in [6.45, 7) is 5.06. The van der Waals surface area contributed by atoms with Gasteiger partial charge < -0.3 is 14.5 Å². The lowest BCUT2D eigenvalue weighted by Crippen LogP contribution is -2.52. The maximum Gasteiger partial charge on any atom is 0.497 e. The highest BCUT2D eigenvalue weighted by atomic mass is 19.4. The first-order chi connectivity index (χ1) is 19.1. The number of hydroxylamine groups is 1. The Morgan fingerprint density at radius 2 is 1.61 bits per heavy atom. The van der Waals surface area contributed by atoms with E-state index in [9.17, 15) is 36.7 Å². The monoisotopic (exact) mass is 579 g/mol. The largest absolute Gasteiger partial charge is 0.497 e. The van der Waals surface area contributed by atoms with Crippen molar-refractivity contribution in [2.75, 3.05) is 26.2 Å². The van der Waals surface area contributed by atoms with Crippen LogP contribution in [0.2, 0.25) is 0 Å². The molecule has 0 bridgehead atoms. The number of rotatable bonds is 4. The lowest BCUT2D eigenvalue weighted by molar-refractivity contribution is -0.237. The van der Waals surface area contributed by atoms with Crippen molar-refractivity contribution in [3.05, 3.63) is 65.0 Å². The Hall–Kier alpha value is -4.33. The standard InChI is InChI=1S/C27H27F4N4O6/c1-26(2,3)40-25(39)34-12-10-33(11-13-34)23(37)19-14-17(8-9-20(19)28)16-35(41-24(38)27(29,30)31)21-7-5-4-6-18(21)22(36)15-32-35/h4-9,14-15H,10-13,16H2,1-3H3/q+1. The topological polar surface area (TPSA) is 106 Å². The van der Waals surface area contributed by atoms with Crippen LogP contribution in [0, 0.1) is 5.82 Å². The van der Waals surface area contributed by atoms with Crippen LogP contribution in [0.3, 0.4) is 0 Å². The molecule has 2 amide bonds. The number of alkyl halides is 3. The van der Waals surface area contributed by atoms with E-state index in [1.165, 1.54) is 40.1 Å². The average molecular weight is 580 g/mol. The Bertz CT molecular complexity index is 1410. The average Bonchev–Trinajstić information content (AvgIpc) is 2.90. The van der Waals surface area contributed by atoms with E-state index in [4.69, 9.17) is 9.57 Å². The number of quaternary nitrogens is 1. The van der Waals surface area contributed by atoms with Crippen LogP contribution in [0.4, 0.5) is 28.0 Å². The minimum absolute atomic E-state index is 0.0428. The Morgan fingerprint density at radius 1 is 0.976 bits per heavy atom. The Balaban J connectivity index is 1.60. The molecule has 0 radical (unpaired) electrons. The summed E-state index contributed by atoms with van der Waals surface area (Å²) in [5.41, 5.74) is -1.17. The molecule has 14 heteroatoms. The van der Waals surface area contributed by atoms with E-state index in [0.717, 1.165) is 18.3 Å². The molecular formula is C27H27F4N4O6+. The van der Waals surface area contributed by atoms with Crippen molar-refractivity contribution >= 4 is 35.7 Å². The first kappa shape index (κ1) is 29.6. The van der Waals surface area contributed by atoms with E-state index in [-0.39, 0.29) is 48.6 Å². The summed E-state index contributed by atoms with van der Waals surface area (Å²) in [4.78, 5) is 57.4. The number of hydrogen-bond acceptors (Lipinski definition) is 7. The maximum absolute atomic E-state index is 14.9. The van der Waals surface area contributed by atoms with Gasteiger partial charge in [-0.15, -0.1) is 0 Å². The minimum Gasteiger partial charge on any atom is -0.444 e. The number of halogens is 4. The molecule has 0 aliphatic carbocycles. The van der Waals surface area contributed by atoms with E-state index in [1.54, 1.807) is 20.8 Å².